The second-order valence-corrected chi connectivity index (χ2v) is 5.72. The first-order valence-corrected chi connectivity index (χ1v) is 7.57. The maximum absolute atomic E-state index is 12.0. The highest BCUT2D eigenvalue weighted by Gasteiger charge is 2.17. The molecule has 1 aromatic carbocycles. The molecule has 0 N–H and O–H groups in total. The van der Waals surface area contributed by atoms with Gasteiger partial charge in [-0.05, 0) is 24.3 Å². The molecule has 3 rings (SSSR count). The Labute approximate surface area is 132 Å². The van der Waals surface area contributed by atoms with Crippen LogP contribution >= 0.6 is 11.3 Å². The molecule has 0 saturated carbocycles. The predicted molar refractivity (Wildman–Crippen MR) is 87.3 cm³/mol. The number of carbonyl (C=O) groups is 1. The van der Waals surface area contributed by atoms with Gasteiger partial charge in [0.25, 0.3) is 0 Å². The number of hydrogen-bond donors (Lipinski definition) is 0. The fourth-order valence-corrected chi connectivity index (χ4v) is 3.13. The summed E-state index contributed by atoms with van der Waals surface area (Å²) < 4.78 is 5.25. The van der Waals surface area contributed by atoms with Crippen molar-refractivity contribution in [1.29, 1.82) is 0 Å². The quantitative estimate of drug-likeness (QED) is 0.681. The van der Waals surface area contributed by atoms with Gasteiger partial charge in [0.05, 0.1) is 17.7 Å². The van der Waals surface area contributed by atoms with Crippen LogP contribution in [0.1, 0.15) is 16.6 Å². The van der Waals surface area contributed by atoms with E-state index in [4.69, 9.17) is 4.74 Å². The molecular weight excluding hydrogens is 296 g/mol. The third kappa shape index (κ3) is 2.76. The molecule has 0 aliphatic heterocycles. The molecule has 5 heteroatoms. The van der Waals surface area contributed by atoms with Crippen molar-refractivity contribution in [2.75, 3.05) is 7.11 Å². The standard InChI is InChI=1S/C17H14N2O2S/c1-11(20)16-15(13-4-3-5-14(10-13)21-2)19-17(22-16)12-6-8-18-9-7-12/h3-10H,1-2H3. The Kier molecular flexibility index (Phi) is 3.98. The van der Waals surface area contributed by atoms with E-state index in [1.165, 1.54) is 11.3 Å². The van der Waals surface area contributed by atoms with Crippen LogP contribution in [0.15, 0.2) is 48.8 Å². The number of hydrogen-bond acceptors (Lipinski definition) is 5. The van der Waals surface area contributed by atoms with E-state index in [0.29, 0.717) is 10.6 Å². The number of carbonyl (C=O) groups excluding carboxylic acids is 1. The number of pyridine rings is 1. The summed E-state index contributed by atoms with van der Waals surface area (Å²) in [6, 6.07) is 11.4. The number of Topliss-reactive ketones (excluding diaryl/α,β-unsaturated/α-hetero) is 1. The Bertz CT molecular complexity index is 813. The van der Waals surface area contributed by atoms with Gasteiger partial charge in [-0.15, -0.1) is 11.3 Å². The molecule has 22 heavy (non-hydrogen) atoms. The molecule has 2 heterocycles. The van der Waals surface area contributed by atoms with Gasteiger partial charge in [-0.2, -0.15) is 0 Å². The highest BCUT2D eigenvalue weighted by atomic mass is 32.1. The van der Waals surface area contributed by atoms with Gasteiger partial charge in [-0.1, -0.05) is 12.1 Å². The third-order valence-corrected chi connectivity index (χ3v) is 4.42. The first-order chi connectivity index (χ1) is 10.7. The second kappa shape index (κ2) is 6.07. The second-order valence-electron chi connectivity index (χ2n) is 4.72. The summed E-state index contributed by atoms with van der Waals surface area (Å²) in [6.07, 6.45) is 3.44. The van der Waals surface area contributed by atoms with Crippen LogP contribution in [0, 0.1) is 0 Å². The zero-order chi connectivity index (χ0) is 15.5. The molecule has 4 nitrogen and oxygen atoms in total. The van der Waals surface area contributed by atoms with Crippen molar-refractivity contribution < 1.29 is 9.53 Å². The predicted octanol–water partition coefficient (Wildman–Crippen LogP) is 4.08. The minimum Gasteiger partial charge on any atom is -0.497 e. The molecule has 3 aromatic rings. The Morgan fingerprint density at radius 3 is 2.59 bits per heavy atom. The molecule has 0 saturated heterocycles. The van der Waals surface area contributed by atoms with Crippen LogP contribution in [0.2, 0.25) is 0 Å². The lowest BCUT2D eigenvalue weighted by molar-refractivity contribution is 0.102. The van der Waals surface area contributed by atoms with Crippen molar-refractivity contribution in [2.45, 2.75) is 6.92 Å². The van der Waals surface area contributed by atoms with Crippen molar-refractivity contribution in [3.63, 3.8) is 0 Å². The van der Waals surface area contributed by atoms with Crippen molar-refractivity contribution >= 4 is 17.1 Å². The van der Waals surface area contributed by atoms with E-state index >= 15 is 0 Å². The van der Waals surface area contributed by atoms with E-state index in [1.54, 1.807) is 26.4 Å². The summed E-state index contributed by atoms with van der Waals surface area (Å²) in [4.78, 5) is 21.3. The molecule has 0 bridgehead atoms. The van der Waals surface area contributed by atoms with Crippen LogP contribution in [0.5, 0.6) is 5.75 Å². The fraction of sp³-hybridized carbons (Fsp3) is 0.118. The molecule has 0 aliphatic carbocycles. The summed E-state index contributed by atoms with van der Waals surface area (Å²) in [5, 5.41) is 0.811. The van der Waals surface area contributed by atoms with Crippen LogP contribution in [0.25, 0.3) is 21.8 Å². The van der Waals surface area contributed by atoms with E-state index in [9.17, 15) is 4.79 Å². The van der Waals surface area contributed by atoms with E-state index in [1.807, 2.05) is 36.4 Å². The first kappa shape index (κ1) is 14.4. The van der Waals surface area contributed by atoms with Gasteiger partial charge in [-0.25, -0.2) is 4.98 Å². The van der Waals surface area contributed by atoms with Gasteiger partial charge in [0.1, 0.15) is 10.8 Å². The summed E-state index contributed by atoms with van der Waals surface area (Å²) in [5.41, 5.74) is 2.53. The molecule has 0 amide bonds. The van der Waals surface area contributed by atoms with Gasteiger partial charge in [-0.3, -0.25) is 9.78 Å². The highest BCUT2D eigenvalue weighted by molar-refractivity contribution is 7.17. The lowest BCUT2D eigenvalue weighted by Gasteiger charge is -2.03. The topological polar surface area (TPSA) is 52.1 Å². The van der Waals surface area contributed by atoms with Crippen LogP contribution in [0.4, 0.5) is 0 Å². The maximum atomic E-state index is 12.0. The van der Waals surface area contributed by atoms with Crippen molar-refractivity contribution in [1.82, 2.24) is 9.97 Å². The van der Waals surface area contributed by atoms with Crippen LogP contribution in [-0.4, -0.2) is 22.9 Å². The number of aromatic nitrogens is 2. The number of benzene rings is 1. The smallest absolute Gasteiger partial charge is 0.172 e. The number of thiazole rings is 1. The van der Waals surface area contributed by atoms with Gasteiger partial charge in [0, 0.05) is 30.4 Å². The summed E-state index contributed by atoms with van der Waals surface area (Å²) in [6.45, 7) is 1.56. The Balaban J connectivity index is 2.14. The minimum atomic E-state index is 0.00984. The normalized spacial score (nSPS) is 10.5. The number of rotatable bonds is 4. The van der Waals surface area contributed by atoms with E-state index in [0.717, 1.165) is 21.9 Å². The van der Waals surface area contributed by atoms with Crippen LogP contribution < -0.4 is 4.74 Å². The largest absolute Gasteiger partial charge is 0.497 e. The van der Waals surface area contributed by atoms with Gasteiger partial charge < -0.3 is 4.74 Å². The van der Waals surface area contributed by atoms with Crippen molar-refractivity contribution in [2.24, 2.45) is 0 Å². The Morgan fingerprint density at radius 1 is 1.14 bits per heavy atom. The number of nitrogens with zero attached hydrogens (tertiary/aromatic N) is 2. The first-order valence-electron chi connectivity index (χ1n) is 6.75. The molecule has 0 atom stereocenters. The minimum absolute atomic E-state index is 0.00984. The van der Waals surface area contributed by atoms with Gasteiger partial charge in [0.2, 0.25) is 0 Å². The van der Waals surface area contributed by atoms with Crippen molar-refractivity contribution in [3.05, 3.63) is 53.7 Å². The zero-order valence-corrected chi connectivity index (χ0v) is 13.1. The molecule has 0 fully saturated rings. The summed E-state index contributed by atoms with van der Waals surface area (Å²) in [7, 11) is 1.62. The number of ketones is 1. The van der Waals surface area contributed by atoms with E-state index in [2.05, 4.69) is 9.97 Å². The highest BCUT2D eigenvalue weighted by Crippen LogP contribution is 2.35. The third-order valence-electron chi connectivity index (χ3n) is 3.22. The molecule has 0 unspecified atom stereocenters. The molecule has 2 aromatic heterocycles. The zero-order valence-electron chi connectivity index (χ0n) is 12.2. The Morgan fingerprint density at radius 2 is 1.91 bits per heavy atom. The molecule has 0 spiro atoms. The van der Waals surface area contributed by atoms with Crippen LogP contribution in [0.3, 0.4) is 0 Å². The molecule has 0 aliphatic rings. The number of ether oxygens (including phenoxy) is 1. The Hall–Kier alpha value is -2.53. The number of methoxy groups -OCH3 is 1. The summed E-state index contributed by atoms with van der Waals surface area (Å²) >= 11 is 1.40. The summed E-state index contributed by atoms with van der Waals surface area (Å²) in [5.74, 6) is 0.751. The molecule has 110 valence electrons. The lowest BCUT2D eigenvalue weighted by atomic mass is 10.1. The van der Waals surface area contributed by atoms with Gasteiger partial charge >= 0.3 is 0 Å². The van der Waals surface area contributed by atoms with Crippen molar-refractivity contribution in [3.8, 4) is 27.6 Å². The molecular formula is C17H14N2O2S. The maximum Gasteiger partial charge on any atom is 0.172 e. The average Bonchev–Trinajstić information content (AvgIpc) is 3.01. The lowest BCUT2D eigenvalue weighted by Crippen LogP contribution is -1.92. The monoisotopic (exact) mass is 310 g/mol. The van der Waals surface area contributed by atoms with E-state index in [-0.39, 0.29) is 5.78 Å². The van der Waals surface area contributed by atoms with Crippen LogP contribution in [-0.2, 0) is 0 Å². The average molecular weight is 310 g/mol. The SMILES string of the molecule is COc1cccc(-c2nc(-c3ccncc3)sc2C(C)=O)c1. The fourth-order valence-electron chi connectivity index (χ4n) is 2.14. The van der Waals surface area contributed by atoms with Gasteiger partial charge in [0.15, 0.2) is 5.78 Å². The van der Waals surface area contributed by atoms with E-state index < -0.39 is 0 Å². The molecule has 0 radical (unpaired) electrons.